The van der Waals surface area contributed by atoms with Crippen LogP contribution in [0.1, 0.15) is 18.4 Å². The molecule has 1 N–H and O–H groups in total. The zero-order valence-electron chi connectivity index (χ0n) is 12.2. The molecule has 2 rings (SSSR count). The van der Waals surface area contributed by atoms with Gasteiger partial charge >= 0.3 is 6.18 Å². The zero-order valence-corrected chi connectivity index (χ0v) is 14.4. The Bertz CT molecular complexity index is 548. The quantitative estimate of drug-likeness (QED) is 0.746. The van der Waals surface area contributed by atoms with Crippen LogP contribution in [0.2, 0.25) is 0 Å². The summed E-state index contributed by atoms with van der Waals surface area (Å²) in [5.74, 6) is -1.60. The molecule has 0 saturated carbocycles. The van der Waals surface area contributed by atoms with Crippen LogP contribution in [0.3, 0.4) is 0 Å². The second-order valence-corrected chi connectivity index (χ2v) is 6.79. The van der Waals surface area contributed by atoms with Gasteiger partial charge in [-0.05, 0) is 66.6 Å². The number of alkyl halides is 3. The number of halogens is 4. The Morgan fingerprint density at radius 2 is 2.18 bits per heavy atom. The molecule has 1 amide bonds. The summed E-state index contributed by atoms with van der Waals surface area (Å²) >= 11 is 2.18. The van der Waals surface area contributed by atoms with Crippen molar-refractivity contribution in [2.24, 2.45) is 5.92 Å². The summed E-state index contributed by atoms with van der Waals surface area (Å²) in [6.45, 7) is 2.41. The van der Waals surface area contributed by atoms with E-state index >= 15 is 0 Å². The third-order valence-corrected chi connectivity index (χ3v) is 4.95. The van der Waals surface area contributed by atoms with E-state index in [9.17, 15) is 18.0 Å². The van der Waals surface area contributed by atoms with Crippen molar-refractivity contribution in [3.05, 3.63) is 27.3 Å². The molecule has 0 aliphatic carbocycles. The monoisotopic (exact) mass is 426 g/mol. The minimum absolute atomic E-state index is 0.00294. The van der Waals surface area contributed by atoms with Crippen LogP contribution in [0.15, 0.2) is 18.2 Å². The van der Waals surface area contributed by atoms with Crippen molar-refractivity contribution in [1.29, 1.82) is 0 Å². The number of piperidine rings is 1. The standard InChI is InChI=1S/C15H18F3IN2O/c1-10-4-5-12(7-13(10)19)20-14(22)9-21-6-2-3-11(8-21)15(16,17)18/h4-5,7,11H,2-3,6,8-9H2,1H3,(H,20,22). The van der Waals surface area contributed by atoms with Crippen molar-refractivity contribution in [3.63, 3.8) is 0 Å². The molecule has 122 valence electrons. The Morgan fingerprint density at radius 1 is 1.45 bits per heavy atom. The Labute approximate surface area is 141 Å². The molecule has 1 saturated heterocycles. The number of benzene rings is 1. The van der Waals surface area contributed by atoms with Crippen molar-refractivity contribution >= 4 is 34.2 Å². The molecule has 1 fully saturated rings. The fourth-order valence-corrected chi connectivity index (χ4v) is 3.06. The van der Waals surface area contributed by atoms with Crippen LogP contribution in [0.25, 0.3) is 0 Å². The predicted molar refractivity (Wildman–Crippen MR) is 87.7 cm³/mol. The highest BCUT2D eigenvalue weighted by atomic mass is 127. The summed E-state index contributed by atoms with van der Waals surface area (Å²) in [5.41, 5.74) is 1.78. The lowest BCUT2D eigenvalue weighted by molar-refractivity contribution is -0.186. The predicted octanol–water partition coefficient (Wildman–Crippen LogP) is 3.81. The SMILES string of the molecule is Cc1ccc(NC(=O)CN2CCCC(C(F)(F)F)C2)cc1I. The molecule has 1 aromatic rings. The van der Waals surface area contributed by atoms with Gasteiger partial charge in [-0.15, -0.1) is 0 Å². The molecule has 1 atom stereocenters. The number of nitrogens with zero attached hydrogens (tertiary/aromatic N) is 1. The summed E-state index contributed by atoms with van der Waals surface area (Å²) < 4.78 is 39.3. The molecule has 1 unspecified atom stereocenters. The number of anilines is 1. The summed E-state index contributed by atoms with van der Waals surface area (Å²) in [7, 11) is 0. The van der Waals surface area contributed by atoms with Gasteiger partial charge in [-0.3, -0.25) is 9.69 Å². The Balaban J connectivity index is 1.90. The number of rotatable bonds is 3. The molecule has 3 nitrogen and oxygen atoms in total. The van der Waals surface area contributed by atoms with Gasteiger partial charge in [-0.2, -0.15) is 13.2 Å². The second kappa shape index (κ2) is 7.16. The molecule has 22 heavy (non-hydrogen) atoms. The Morgan fingerprint density at radius 3 is 2.82 bits per heavy atom. The number of hydrogen-bond acceptors (Lipinski definition) is 2. The fraction of sp³-hybridized carbons (Fsp3) is 0.533. The fourth-order valence-electron chi connectivity index (χ4n) is 2.54. The van der Waals surface area contributed by atoms with Gasteiger partial charge in [0.25, 0.3) is 0 Å². The zero-order chi connectivity index (χ0) is 16.3. The van der Waals surface area contributed by atoms with Crippen LogP contribution in [0, 0.1) is 16.4 Å². The first-order valence-corrected chi connectivity index (χ1v) is 8.18. The van der Waals surface area contributed by atoms with E-state index in [1.165, 1.54) is 0 Å². The molecule has 0 aromatic heterocycles. The van der Waals surface area contributed by atoms with E-state index in [4.69, 9.17) is 0 Å². The van der Waals surface area contributed by atoms with E-state index in [2.05, 4.69) is 27.9 Å². The molecular weight excluding hydrogens is 408 g/mol. The van der Waals surface area contributed by atoms with Gasteiger partial charge in [0.2, 0.25) is 5.91 Å². The van der Waals surface area contributed by atoms with Crippen molar-refractivity contribution in [3.8, 4) is 0 Å². The van der Waals surface area contributed by atoms with Crippen LogP contribution in [-0.4, -0.2) is 36.6 Å². The lowest BCUT2D eigenvalue weighted by Crippen LogP contribution is -2.44. The first-order valence-electron chi connectivity index (χ1n) is 7.11. The molecule has 0 bridgehead atoms. The molecule has 1 aliphatic heterocycles. The maximum absolute atomic E-state index is 12.8. The number of carbonyl (C=O) groups excluding carboxylic acids is 1. The number of carbonyl (C=O) groups is 1. The van der Waals surface area contributed by atoms with Crippen LogP contribution >= 0.6 is 22.6 Å². The van der Waals surface area contributed by atoms with Gasteiger partial charge in [-0.25, -0.2) is 0 Å². The highest BCUT2D eigenvalue weighted by Crippen LogP contribution is 2.33. The van der Waals surface area contributed by atoms with Crippen LogP contribution in [0.4, 0.5) is 18.9 Å². The molecule has 1 aliphatic rings. The highest BCUT2D eigenvalue weighted by Gasteiger charge is 2.41. The highest BCUT2D eigenvalue weighted by molar-refractivity contribution is 14.1. The molecular formula is C15H18F3IN2O. The molecule has 1 aromatic carbocycles. The van der Waals surface area contributed by atoms with Crippen molar-refractivity contribution < 1.29 is 18.0 Å². The van der Waals surface area contributed by atoms with Gasteiger partial charge in [0.1, 0.15) is 0 Å². The van der Waals surface area contributed by atoms with Crippen molar-refractivity contribution in [2.75, 3.05) is 25.0 Å². The van der Waals surface area contributed by atoms with E-state index in [1.54, 1.807) is 11.0 Å². The summed E-state index contributed by atoms with van der Waals surface area (Å²) in [6, 6.07) is 5.55. The third-order valence-electron chi connectivity index (χ3n) is 3.79. The number of aryl methyl sites for hydroxylation is 1. The summed E-state index contributed by atoms with van der Waals surface area (Å²) in [6.07, 6.45) is -3.56. The van der Waals surface area contributed by atoms with Crippen LogP contribution < -0.4 is 5.32 Å². The van der Waals surface area contributed by atoms with E-state index in [-0.39, 0.29) is 25.4 Å². The van der Waals surface area contributed by atoms with Crippen LogP contribution in [0.5, 0.6) is 0 Å². The Kier molecular flexibility index (Phi) is 5.70. The van der Waals surface area contributed by atoms with Gasteiger partial charge in [0.15, 0.2) is 0 Å². The molecule has 0 spiro atoms. The van der Waals surface area contributed by atoms with Crippen molar-refractivity contribution in [2.45, 2.75) is 25.9 Å². The topological polar surface area (TPSA) is 32.3 Å². The molecule has 0 radical (unpaired) electrons. The maximum atomic E-state index is 12.8. The lowest BCUT2D eigenvalue weighted by atomic mass is 9.97. The van der Waals surface area contributed by atoms with Gasteiger partial charge in [0, 0.05) is 15.8 Å². The maximum Gasteiger partial charge on any atom is 0.393 e. The first-order chi connectivity index (χ1) is 10.3. The third kappa shape index (κ3) is 4.84. The van der Waals surface area contributed by atoms with E-state index < -0.39 is 12.1 Å². The van der Waals surface area contributed by atoms with Gasteiger partial charge in [-0.1, -0.05) is 6.07 Å². The van der Waals surface area contributed by atoms with Gasteiger partial charge < -0.3 is 5.32 Å². The van der Waals surface area contributed by atoms with E-state index in [0.29, 0.717) is 18.7 Å². The van der Waals surface area contributed by atoms with E-state index in [1.807, 2.05) is 19.1 Å². The normalized spacial score (nSPS) is 20.0. The largest absolute Gasteiger partial charge is 0.393 e. The first kappa shape index (κ1) is 17.5. The van der Waals surface area contributed by atoms with Gasteiger partial charge in [0.05, 0.1) is 12.5 Å². The number of amides is 1. The minimum atomic E-state index is -4.18. The minimum Gasteiger partial charge on any atom is -0.325 e. The average Bonchev–Trinajstić information content (AvgIpc) is 2.42. The summed E-state index contributed by atoms with van der Waals surface area (Å²) in [4.78, 5) is 13.6. The number of nitrogens with one attached hydrogen (secondary N) is 1. The molecule has 1 heterocycles. The molecule has 7 heteroatoms. The number of likely N-dealkylation sites (tertiary alicyclic amines) is 1. The Hall–Kier alpha value is -0.830. The van der Waals surface area contributed by atoms with Crippen molar-refractivity contribution in [1.82, 2.24) is 4.90 Å². The summed E-state index contributed by atoms with van der Waals surface area (Å²) in [5, 5.41) is 2.74. The lowest BCUT2D eigenvalue weighted by Gasteiger charge is -2.33. The van der Waals surface area contributed by atoms with Crippen LogP contribution in [-0.2, 0) is 4.79 Å². The smallest absolute Gasteiger partial charge is 0.325 e. The van der Waals surface area contributed by atoms with E-state index in [0.717, 1.165) is 9.13 Å². The second-order valence-electron chi connectivity index (χ2n) is 5.63. The number of hydrogen-bond donors (Lipinski definition) is 1. The average molecular weight is 426 g/mol.